The van der Waals surface area contributed by atoms with Gasteiger partial charge in [0.2, 0.25) is 0 Å². The first-order valence-electron chi connectivity index (χ1n) is 5.98. The SMILES string of the molecule is CCCNc1cncc(NCc2scnc2C)n1. The molecule has 2 heterocycles. The number of thiazole rings is 1. The first-order valence-corrected chi connectivity index (χ1v) is 6.86. The highest BCUT2D eigenvalue weighted by Crippen LogP contribution is 2.14. The molecule has 2 aromatic heterocycles. The van der Waals surface area contributed by atoms with E-state index in [1.807, 2.05) is 12.4 Å². The Labute approximate surface area is 111 Å². The molecular formula is C12H17N5S. The first kappa shape index (κ1) is 12.8. The van der Waals surface area contributed by atoms with Crippen LogP contribution in [-0.4, -0.2) is 21.5 Å². The molecule has 96 valence electrons. The molecule has 0 aliphatic carbocycles. The summed E-state index contributed by atoms with van der Waals surface area (Å²) in [7, 11) is 0. The van der Waals surface area contributed by atoms with Crippen LogP contribution in [0, 0.1) is 6.92 Å². The summed E-state index contributed by atoms with van der Waals surface area (Å²) in [6, 6.07) is 0. The maximum Gasteiger partial charge on any atom is 0.147 e. The second kappa shape index (κ2) is 6.30. The van der Waals surface area contributed by atoms with Crippen molar-refractivity contribution >= 4 is 23.0 Å². The number of nitrogens with zero attached hydrogens (tertiary/aromatic N) is 3. The van der Waals surface area contributed by atoms with E-state index >= 15 is 0 Å². The summed E-state index contributed by atoms with van der Waals surface area (Å²) in [6.45, 7) is 5.78. The molecule has 0 fully saturated rings. The van der Waals surface area contributed by atoms with Crippen molar-refractivity contribution in [3.8, 4) is 0 Å². The van der Waals surface area contributed by atoms with Gasteiger partial charge in [-0.3, -0.25) is 4.98 Å². The third-order valence-electron chi connectivity index (χ3n) is 2.47. The molecule has 6 heteroatoms. The van der Waals surface area contributed by atoms with Crippen LogP contribution in [0.1, 0.15) is 23.9 Å². The number of aromatic nitrogens is 3. The largest absolute Gasteiger partial charge is 0.369 e. The fourth-order valence-corrected chi connectivity index (χ4v) is 2.17. The molecule has 18 heavy (non-hydrogen) atoms. The van der Waals surface area contributed by atoms with Crippen LogP contribution < -0.4 is 10.6 Å². The summed E-state index contributed by atoms with van der Waals surface area (Å²) in [4.78, 5) is 14.0. The Kier molecular flexibility index (Phi) is 4.46. The Balaban J connectivity index is 1.95. The van der Waals surface area contributed by atoms with Gasteiger partial charge >= 0.3 is 0 Å². The van der Waals surface area contributed by atoms with Gasteiger partial charge in [0.1, 0.15) is 11.6 Å². The van der Waals surface area contributed by atoms with Crippen molar-refractivity contribution in [2.45, 2.75) is 26.8 Å². The number of aryl methyl sites for hydroxylation is 1. The van der Waals surface area contributed by atoms with Crippen LogP contribution in [0.3, 0.4) is 0 Å². The Morgan fingerprint density at radius 1 is 1.22 bits per heavy atom. The molecule has 2 N–H and O–H groups in total. The Morgan fingerprint density at radius 2 is 2.00 bits per heavy atom. The average molecular weight is 263 g/mol. The molecule has 5 nitrogen and oxygen atoms in total. The molecule has 2 aromatic rings. The van der Waals surface area contributed by atoms with Crippen molar-refractivity contribution in [2.75, 3.05) is 17.2 Å². The van der Waals surface area contributed by atoms with Crippen molar-refractivity contribution in [1.82, 2.24) is 15.0 Å². The second-order valence-corrected chi connectivity index (χ2v) is 4.87. The molecule has 0 aliphatic rings. The minimum atomic E-state index is 0.739. The van der Waals surface area contributed by atoms with Crippen LogP contribution in [0.5, 0.6) is 0 Å². The highest BCUT2D eigenvalue weighted by atomic mass is 32.1. The minimum Gasteiger partial charge on any atom is -0.369 e. The lowest BCUT2D eigenvalue weighted by atomic mass is 10.4. The summed E-state index contributed by atoms with van der Waals surface area (Å²) in [5.74, 6) is 1.59. The fraction of sp³-hybridized carbons (Fsp3) is 0.417. The molecular weight excluding hydrogens is 246 g/mol. The molecule has 2 rings (SSSR count). The van der Waals surface area contributed by atoms with Crippen molar-refractivity contribution in [1.29, 1.82) is 0 Å². The van der Waals surface area contributed by atoms with Crippen molar-refractivity contribution < 1.29 is 0 Å². The van der Waals surface area contributed by atoms with E-state index in [0.717, 1.165) is 36.8 Å². The number of hydrogen-bond donors (Lipinski definition) is 2. The zero-order chi connectivity index (χ0) is 12.8. The van der Waals surface area contributed by atoms with Gasteiger partial charge in [0, 0.05) is 11.4 Å². The monoisotopic (exact) mass is 263 g/mol. The molecule has 0 saturated carbocycles. The van der Waals surface area contributed by atoms with Gasteiger partial charge in [-0.25, -0.2) is 9.97 Å². The van der Waals surface area contributed by atoms with Gasteiger partial charge in [-0.15, -0.1) is 11.3 Å². The standard InChI is InChI=1S/C12H17N5S/c1-3-4-14-11-6-13-7-12(17-11)15-5-10-9(2)16-8-18-10/h6-8H,3-5H2,1-2H3,(H2,14,15,17). The average Bonchev–Trinajstić information content (AvgIpc) is 2.80. The van der Waals surface area contributed by atoms with Crippen molar-refractivity contribution in [3.05, 3.63) is 28.5 Å². The second-order valence-electron chi connectivity index (χ2n) is 3.93. The topological polar surface area (TPSA) is 62.7 Å². The number of nitrogens with one attached hydrogen (secondary N) is 2. The van der Waals surface area contributed by atoms with Gasteiger partial charge in [0.25, 0.3) is 0 Å². The van der Waals surface area contributed by atoms with Gasteiger partial charge in [-0.2, -0.15) is 0 Å². The van der Waals surface area contributed by atoms with E-state index in [0.29, 0.717) is 0 Å². The molecule has 0 unspecified atom stereocenters. The van der Waals surface area contributed by atoms with E-state index in [4.69, 9.17) is 0 Å². The Hall–Kier alpha value is -1.69. The summed E-state index contributed by atoms with van der Waals surface area (Å²) in [5, 5.41) is 6.48. The summed E-state index contributed by atoms with van der Waals surface area (Å²) in [6.07, 6.45) is 4.53. The van der Waals surface area contributed by atoms with Crippen molar-refractivity contribution in [2.24, 2.45) is 0 Å². The predicted octanol–water partition coefficient (Wildman–Crippen LogP) is 2.68. The fourth-order valence-electron chi connectivity index (χ4n) is 1.46. The van der Waals surface area contributed by atoms with E-state index in [1.54, 1.807) is 23.7 Å². The van der Waals surface area contributed by atoms with Crippen LogP contribution in [0.15, 0.2) is 17.9 Å². The smallest absolute Gasteiger partial charge is 0.147 e. The molecule has 0 amide bonds. The normalized spacial score (nSPS) is 10.3. The predicted molar refractivity (Wildman–Crippen MR) is 75.0 cm³/mol. The Bertz CT molecular complexity index is 497. The van der Waals surface area contributed by atoms with Crippen LogP contribution in [0.25, 0.3) is 0 Å². The van der Waals surface area contributed by atoms with Crippen LogP contribution in [-0.2, 0) is 6.54 Å². The maximum absolute atomic E-state index is 4.44. The van der Waals surface area contributed by atoms with Gasteiger partial charge < -0.3 is 10.6 Å². The molecule has 0 atom stereocenters. The highest BCUT2D eigenvalue weighted by Gasteiger charge is 2.02. The van der Waals surface area contributed by atoms with E-state index in [-0.39, 0.29) is 0 Å². The number of rotatable bonds is 6. The molecule has 0 saturated heterocycles. The highest BCUT2D eigenvalue weighted by molar-refractivity contribution is 7.09. The van der Waals surface area contributed by atoms with Gasteiger partial charge in [0.05, 0.1) is 30.1 Å². The van der Waals surface area contributed by atoms with Crippen LogP contribution in [0.2, 0.25) is 0 Å². The molecule has 0 radical (unpaired) electrons. The summed E-state index contributed by atoms with van der Waals surface area (Å²) >= 11 is 1.65. The lowest BCUT2D eigenvalue weighted by Gasteiger charge is -2.07. The summed E-state index contributed by atoms with van der Waals surface area (Å²) < 4.78 is 0. The van der Waals surface area contributed by atoms with Gasteiger partial charge in [0.15, 0.2) is 0 Å². The van der Waals surface area contributed by atoms with Gasteiger partial charge in [-0.05, 0) is 13.3 Å². The van der Waals surface area contributed by atoms with Gasteiger partial charge in [-0.1, -0.05) is 6.92 Å². The van der Waals surface area contributed by atoms with E-state index < -0.39 is 0 Å². The molecule has 0 aliphatic heterocycles. The molecule has 0 spiro atoms. The lowest BCUT2D eigenvalue weighted by molar-refractivity contribution is 0.962. The summed E-state index contributed by atoms with van der Waals surface area (Å²) in [5.41, 5.74) is 2.93. The first-order chi connectivity index (χ1) is 8.79. The lowest BCUT2D eigenvalue weighted by Crippen LogP contribution is -2.06. The minimum absolute atomic E-state index is 0.739. The maximum atomic E-state index is 4.44. The number of anilines is 2. The Morgan fingerprint density at radius 3 is 2.67 bits per heavy atom. The molecule has 0 aromatic carbocycles. The van der Waals surface area contributed by atoms with Crippen LogP contribution in [0.4, 0.5) is 11.6 Å². The zero-order valence-electron chi connectivity index (χ0n) is 10.6. The zero-order valence-corrected chi connectivity index (χ0v) is 11.4. The molecule has 0 bridgehead atoms. The number of hydrogen-bond acceptors (Lipinski definition) is 6. The third kappa shape index (κ3) is 3.40. The van der Waals surface area contributed by atoms with Crippen LogP contribution >= 0.6 is 11.3 Å². The van der Waals surface area contributed by atoms with E-state index in [1.165, 1.54) is 4.88 Å². The third-order valence-corrected chi connectivity index (χ3v) is 3.40. The van der Waals surface area contributed by atoms with E-state index in [2.05, 4.69) is 32.5 Å². The van der Waals surface area contributed by atoms with Crippen molar-refractivity contribution in [3.63, 3.8) is 0 Å². The quantitative estimate of drug-likeness (QED) is 0.839. The van der Waals surface area contributed by atoms with E-state index in [9.17, 15) is 0 Å².